The van der Waals surface area contributed by atoms with E-state index in [1.54, 1.807) is 0 Å². The Morgan fingerprint density at radius 3 is 2.53 bits per heavy atom. The van der Waals surface area contributed by atoms with Crippen LogP contribution in [0.15, 0.2) is 30.3 Å². The Bertz CT molecular complexity index is 358. The molecule has 0 aromatic heterocycles. The van der Waals surface area contributed by atoms with Crippen LogP contribution in [-0.2, 0) is 0 Å². The van der Waals surface area contributed by atoms with Crippen molar-refractivity contribution in [1.29, 1.82) is 0 Å². The lowest BCUT2D eigenvalue weighted by Crippen LogP contribution is -2.39. The third-order valence-corrected chi connectivity index (χ3v) is 4.10. The summed E-state index contributed by atoms with van der Waals surface area (Å²) in [6.45, 7) is 8.90. The van der Waals surface area contributed by atoms with Crippen LogP contribution in [0.3, 0.4) is 0 Å². The minimum atomic E-state index is 0.263. The molecular formula is C15H24N2. The first-order chi connectivity index (χ1) is 8.04. The van der Waals surface area contributed by atoms with E-state index in [0.29, 0.717) is 12.0 Å². The van der Waals surface area contributed by atoms with Crippen molar-refractivity contribution in [3.05, 3.63) is 35.9 Å². The van der Waals surface area contributed by atoms with Crippen molar-refractivity contribution in [1.82, 2.24) is 4.90 Å². The molecule has 0 radical (unpaired) electrons. The van der Waals surface area contributed by atoms with Crippen molar-refractivity contribution >= 4 is 0 Å². The molecule has 94 valence electrons. The van der Waals surface area contributed by atoms with Gasteiger partial charge in [-0.15, -0.1) is 0 Å². The van der Waals surface area contributed by atoms with E-state index in [0.717, 1.165) is 13.1 Å². The summed E-state index contributed by atoms with van der Waals surface area (Å²) in [6.07, 6.45) is 1.21. The van der Waals surface area contributed by atoms with Crippen molar-refractivity contribution in [2.75, 3.05) is 13.1 Å². The molecule has 1 aliphatic rings. The number of hydrogen-bond acceptors (Lipinski definition) is 2. The maximum Gasteiger partial charge on any atom is 0.0325 e. The molecule has 0 spiro atoms. The Morgan fingerprint density at radius 2 is 2.00 bits per heavy atom. The van der Waals surface area contributed by atoms with Gasteiger partial charge in [0.1, 0.15) is 0 Å². The number of nitrogens with zero attached hydrogens (tertiary/aromatic N) is 1. The molecule has 0 aliphatic carbocycles. The van der Waals surface area contributed by atoms with Crippen molar-refractivity contribution in [2.45, 2.75) is 38.8 Å². The first-order valence-corrected chi connectivity index (χ1v) is 6.56. The number of hydrogen-bond donors (Lipinski definition) is 1. The fourth-order valence-corrected chi connectivity index (χ4v) is 3.17. The van der Waals surface area contributed by atoms with Gasteiger partial charge in [0, 0.05) is 18.1 Å². The van der Waals surface area contributed by atoms with E-state index in [9.17, 15) is 0 Å². The Hall–Kier alpha value is -0.860. The van der Waals surface area contributed by atoms with Gasteiger partial charge in [-0.1, -0.05) is 30.3 Å². The summed E-state index contributed by atoms with van der Waals surface area (Å²) in [6, 6.07) is 11.2. The molecule has 2 N–H and O–H groups in total. The average molecular weight is 232 g/mol. The number of nitrogens with two attached hydrogens (primary N) is 1. The standard InChI is InChI=1S/C15H24N2/c1-12(14-7-5-4-6-8-14)17-11-13(10-16)9-15(17,2)3/h4-8,12-13H,9-11,16H2,1-3H3. The fraction of sp³-hybridized carbons (Fsp3) is 0.600. The minimum absolute atomic E-state index is 0.263. The van der Waals surface area contributed by atoms with E-state index in [2.05, 4.69) is 56.0 Å². The normalized spacial score (nSPS) is 26.0. The quantitative estimate of drug-likeness (QED) is 0.868. The second kappa shape index (κ2) is 4.79. The summed E-state index contributed by atoms with van der Waals surface area (Å²) in [5.74, 6) is 0.649. The summed E-state index contributed by atoms with van der Waals surface area (Å²) in [4.78, 5) is 2.60. The van der Waals surface area contributed by atoms with Crippen molar-refractivity contribution < 1.29 is 0 Å². The highest BCUT2D eigenvalue weighted by Gasteiger charge is 2.40. The SMILES string of the molecule is CC(c1ccccc1)N1CC(CN)CC1(C)C. The molecule has 0 saturated carbocycles. The third kappa shape index (κ3) is 2.53. The van der Waals surface area contributed by atoms with Crippen LogP contribution in [0, 0.1) is 5.92 Å². The lowest BCUT2D eigenvalue weighted by Gasteiger charge is -2.36. The zero-order chi connectivity index (χ0) is 12.5. The lowest BCUT2D eigenvalue weighted by molar-refractivity contribution is 0.124. The van der Waals surface area contributed by atoms with Gasteiger partial charge in [0.2, 0.25) is 0 Å². The van der Waals surface area contributed by atoms with Crippen LogP contribution in [-0.4, -0.2) is 23.5 Å². The largest absolute Gasteiger partial charge is 0.330 e. The predicted molar refractivity (Wildman–Crippen MR) is 72.8 cm³/mol. The number of rotatable bonds is 3. The molecule has 2 rings (SSSR count). The number of likely N-dealkylation sites (tertiary alicyclic amines) is 1. The van der Waals surface area contributed by atoms with Crippen LogP contribution in [0.1, 0.15) is 38.8 Å². The molecule has 17 heavy (non-hydrogen) atoms. The highest BCUT2D eigenvalue weighted by Crippen LogP contribution is 2.38. The topological polar surface area (TPSA) is 29.3 Å². The van der Waals surface area contributed by atoms with Gasteiger partial charge in [-0.2, -0.15) is 0 Å². The van der Waals surface area contributed by atoms with Gasteiger partial charge in [0.05, 0.1) is 0 Å². The molecule has 1 aromatic rings. The Kier molecular flexibility index (Phi) is 3.55. The molecule has 2 atom stereocenters. The highest BCUT2D eigenvalue weighted by molar-refractivity contribution is 5.19. The molecule has 0 amide bonds. The molecule has 1 aliphatic heterocycles. The van der Waals surface area contributed by atoms with Crippen molar-refractivity contribution in [3.8, 4) is 0 Å². The van der Waals surface area contributed by atoms with Gasteiger partial charge in [-0.3, -0.25) is 4.90 Å². The van der Waals surface area contributed by atoms with Crippen LogP contribution in [0.25, 0.3) is 0 Å². The summed E-state index contributed by atoms with van der Waals surface area (Å²) >= 11 is 0. The molecule has 0 bridgehead atoms. The Morgan fingerprint density at radius 1 is 1.35 bits per heavy atom. The molecule has 1 fully saturated rings. The van der Waals surface area contributed by atoms with Gasteiger partial charge >= 0.3 is 0 Å². The fourth-order valence-electron chi connectivity index (χ4n) is 3.17. The van der Waals surface area contributed by atoms with Crippen LogP contribution < -0.4 is 5.73 Å². The van der Waals surface area contributed by atoms with E-state index in [1.807, 2.05) is 0 Å². The van der Waals surface area contributed by atoms with Crippen molar-refractivity contribution in [2.24, 2.45) is 11.7 Å². The first-order valence-electron chi connectivity index (χ1n) is 6.56. The molecule has 2 unspecified atom stereocenters. The first kappa shape index (κ1) is 12.6. The third-order valence-electron chi connectivity index (χ3n) is 4.10. The Balaban J connectivity index is 2.17. The van der Waals surface area contributed by atoms with Gasteiger partial charge in [-0.05, 0) is 45.2 Å². The molecule has 2 heteroatoms. The minimum Gasteiger partial charge on any atom is -0.330 e. The van der Waals surface area contributed by atoms with Crippen LogP contribution >= 0.6 is 0 Å². The number of benzene rings is 1. The summed E-state index contributed by atoms with van der Waals surface area (Å²) < 4.78 is 0. The van der Waals surface area contributed by atoms with Crippen LogP contribution in [0.5, 0.6) is 0 Å². The summed E-state index contributed by atoms with van der Waals surface area (Å²) in [7, 11) is 0. The second-order valence-electron chi connectivity index (χ2n) is 5.86. The predicted octanol–water partition coefficient (Wildman–Crippen LogP) is 2.81. The van der Waals surface area contributed by atoms with Crippen LogP contribution in [0.2, 0.25) is 0 Å². The lowest BCUT2D eigenvalue weighted by atomic mass is 9.95. The molecular weight excluding hydrogens is 208 g/mol. The monoisotopic (exact) mass is 232 g/mol. The summed E-state index contributed by atoms with van der Waals surface area (Å²) in [5.41, 5.74) is 7.49. The van der Waals surface area contributed by atoms with E-state index >= 15 is 0 Å². The zero-order valence-corrected chi connectivity index (χ0v) is 11.2. The van der Waals surface area contributed by atoms with Gasteiger partial charge in [0.15, 0.2) is 0 Å². The second-order valence-corrected chi connectivity index (χ2v) is 5.86. The van der Waals surface area contributed by atoms with E-state index in [4.69, 9.17) is 5.73 Å². The van der Waals surface area contributed by atoms with E-state index < -0.39 is 0 Å². The average Bonchev–Trinajstić information content (AvgIpc) is 2.64. The maximum absolute atomic E-state index is 5.83. The van der Waals surface area contributed by atoms with E-state index in [1.165, 1.54) is 12.0 Å². The zero-order valence-electron chi connectivity index (χ0n) is 11.2. The van der Waals surface area contributed by atoms with Gasteiger partial charge in [0.25, 0.3) is 0 Å². The summed E-state index contributed by atoms with van der Waals surface area (Å²) in [5, 5.41) is 0. The smallest absolute Gasteiger partial charge is 0.0325 e. The van der Waals surface area contributed by atoms with Gasteiger partial charge in [-0.25, -0.2) is 0 Å². The van der Waals surface area contributed by atoms with Crippen molar-refractivity contribution in [3.63, 3.8) is 0 Å². The van der Waals surface area contributed by atoms with Crippen LogP contribution in [0.4, 0.5) is 0 Å². The Labute approximate surface area is 105 Å². The highest BCUT2D eigenvalue weighted by atomic mass is 15.2. The van der Waals surface area contributed by atoms with Gasteiger partial charge < -0.3 is 5.73 Å². The molecule has 1 heterocycles. The molecule has 1 saturated heterocycles. The molecule has 1 aromatic carbocycles. The maximum atomic E-state index is 5.83. The van der Waals surface area contributed by atoms with E-state index in [-0.39, 0.29) is 5.54 Å². The molecule has 2 nitrogen and oxygen atoms in total.